The first kappa shape index (κ1) is 13.6. The molecule has 4 heteroatoms. The standard InChI is InChI=1S/C12H12ClNO2.CH4/c13-10-7-9(8-12(15)16)3-4-11(10)14-5-1-2-6-14;/h1-4,7H,5-6,8H2,(H,15,16);1H4. The van der Waals surface area contributed by atoms with E-state index in [0.29, 0.717) is 5.02 Å². The molecule has 0 spiro atoms. The number of rotatable bonds is 3. The van der Waals surface area contributed by atoms with Crippen LogP contribution < -0.4 is 4.90 Å². The monoisotopic (exact) mass is 253 g/mol. The van der Waals surface area contributed by atoms with Gasteiger partial charge in [0.25, 0.3) is 0 Å². The Morgan fingerprint density at radius 1 is 1.35 bits per heavy atom. The van der Waals surface area contributed by atoms with Crippen molar-refractivity contribution in [2.75, 3.05) is 18.0 Å². The summed E-state index contributed by atoms with van der Waals surface area (Å²) in [5.41, 5.74) is 1.69. The van der Waals surface area contributed by atoms with E-state index in [-0.39, 0.29) is 13.8 Å². The van der Waals surface area contributed by atoms with E-state index < -0.39 is 5.97 Å². The summed E-state index contributed by atoms with van der Waals surface area (Å²) in [5, 5.41) is 9.29. The Bertz CT molecular complexity index is 435. The molecule has 1 aliphatic rings. The molecule has 0 saturated carbocycles. The van der Waals surface area contributed by atoms with E-state index >= 15 is 0 Å². The van der Waals surface area contributed by atoms with E-state index in [1.54, 1.807) is 6.07 Å². The van der Waals surface area contributed by atoms with Gasteiger partial charge in [-0.05, 0) is 17.7 Å². The molecule has 0 aliphatic carbocycles. The van der Waals surface area contributed by atoms with Gasteiger partial charge in [-0.2, -0.15) is 0 Å². The summed E-state index contributed by atoms with van der Waals surface area (Å²) in [6.45, 7) is 1.72. The van der Waals surface area contributed by atoms with Gasteiger partial charge in [0.05, 0.1) is 17.1 Å². The van der Waals surface area contributed by atoms with Gasteiger partial charge in [0, 0.05) is 13.1 Å². The van der Waals surface area contributed by atoms with Gasteiger partial charge < -0.3 is 10.0 Å². The van der Waals surface area contributed by atoms with Crippen LogP contribution in [0.4, 0.5) is 5.69 Å². The molecule has 1 aromatic carbocycles. The minimum atomic E-state index is -0.841. The van der Waals surface area contributed by atoms with Crippen LogP contribution in [0.5, 0.6) is 0 Å². The molecule has 92 valence electrons. The van der Waals surface area contributed by atoms with Crippen molar-refractivity contribution in [3.05, 3.63) is 40.9 Å². The zero-order valence-electron chi connectivity index (χ0n) is 8.69. The molecule has 17 heavy (non-hydrogen) atoms. The molecule has 1 N–H and O–H groups in total. The van der Waals surface area contributed by atoms with Crippen LogP contribution in [0.25, 0.3) is 0 Å². The Morgan fingerprint density at radius 2 is 2.00 bits per heavy atom. The first-order chi connectivity index (χ1) is 7.66. The molecule has 0 radical (unpaired) electrons. The molecule has 1 aliphatic heterocycles. The number of carbonyl (C=O) groups is 1. The average Bonchev–Trinajstić information content (AvgIpc) is 2.69. The molecule has 2 rings (SSSR count). The number of carboxylic acids is 1. The molecule has 0 unspecified atom stereocenters. The summed E-state index contributed by atoms with van der Waals surface area (Å²) in [4.78, 5) is 12.7. The molecular weight excluding hydrogens is 238 g/mol. The van der Waals surface area contributed by atoms with Gasteiger partial charge in [-0.1, -0.05) is 37.2 Å². The number of carboxylic acid groups (broad SMARTS) is 1. The van der Waals surface area contributed by atoms with E-state index in [1.807, 2.05) is 12.1 Å². The average molecular weight is 254 g/mol. The van der Waals surface area contributed by atoms with E-state index in [1.165, 1.54) is 0 Å². The van der Waals surface area contributed by atoms with Crippen molar-refractivity contribution in [1.82, 2.24) is 0 Å². The van der Waals surface area contributed by atoms with Crippen LogP contribution in [-0.4, -0.2) is 24.2 Å². The van der Waals surface area contributed by atoms with Gasteiger partial charge in [-0.25, -0.2) is 0 Å². The van der Waals surface area contributed by atoms with E-state index in [4.69, 9.17) is 16.7 Å². The summed E-state index contributed by atoms with van der Waals surface area (Å²) in [6, 6.07) is 5.42. The minimum absolute atomic E-state index is 0. The molecule has 0 amide bonds. The summed E-state index contributed by atoms with van der Waals surface area (Å²) in [6.07, 6.45) is 4.18. The molecule has 0 fully saturated rings. The summed E-state index contributed by atoms with van der Waals surface area (Å²) in [7, 11) is 0. The summed E-state index contributed by atoms with van der Waals surface area (Å²) in [5.74, 6) is -0.841. The van der Waals surface area contributed by atoms with Crippen LogP contribution in [-0.2, 0) is 11.2 Å². The second-order valence-electron chi connectivity index (χ2n) is 3.73. The smallest absolute Gasteiger partial charge is 0.307 e. The van der Waals surface area contributed by atoms with Crippen molar-refractivity contribution in [3.8, 4) is 0 Å². The van der Waals surface area contributed by atoms with Gasteiger partial charge in [0.15, 0.2) is 0 Å². The topological polar surface area (TPSA) is 40.5 Å². The lowest BCUT2D eigenvalue weighted by molar-refractivity contribution is -0.136. The number of aliphatic carboxylic acids is 1. The molecule has 0 aromatic heterocycles. The maximum atomic E-state index is 10.6. The zero-order chi connectivity index (χ0) is 11.5. The molecule has 0 bridgehead atoms. The highest BCUT2D eigenvalue weighted by Crippen LogP contribution is 2.28. The lowest BCUT2D eigenvalue weighted by Gasteiger charge is -2.19. The molecular formula is C13H16ClNO2. The second kappa shape index (κ2) is 5.73. The quantitative estimate of drug-likeness (QED) is 0.842. The predicted octanol–water partition coefficient (Wildman–Crippen LogP) is 2.98. The highest BCUT2D eigenvalue weighted by Gasteiger charge is 2.12. The maximum absolute atomic E-state index is 10.6. The fourth-order valence-electron chi connectivity index (χ4n) is 1.77. The highest BCUT2D eigenvalue weighted by molar-refractivity contribution is 6.33. The third-order valence-corrected chi connectivity index (χ3v) is 2.83. The van der Waals surface area contributed by atoms with Gasteiger partial charge in [0.1, 0.15) is 0 Å². The van der Waals surface area contributed by atoms with Gasteiger partial charge in [0.2, 0.25) is 0 Å². The van der Waals surface area contributed by atoms with Crippen molar-refractivity contribution in [3.63, 3.8) is 0 Å². The van der Waals surface area contributed by atoms with Crippen LogP contribution in [0, 0.1) is 0 Å². The Kier molecular flexibility index (Phi) is 4.58. The van der Waals surface area contributed by atoms with Crippen molar-refractivity contribution in [2.24, 2.45) is 0 Å². The van der Waals surface area contributed by atoms with Crippen LogP contribution in [0.1, 0.15) is 13.0 Å². The first-order valence-corrected chi connectivity index (χ1v) is 5.45. The van der Waals surface area contributed by atoms with Gasteiger partial charge in [-0.3, -0.25) is 4.79 Å². The molecule has 3 nitrogen and oxygen atoms in total. The zero-order valence-corrected chi connectivity index (χ0v) is 9.44. The first-order valence-electron chi connectivity index (χ1n) is 5.07. The lowest BCUT2D eigenvalue weighted by atomic mass is 10.1. The summed E-state index contributed by atoms with van der Waals surface area (Å²) < 4.78 is 0. The predicted molar refractivity (Wildman–Crippen MR) is 70.9 cm³/mol. The third-order valence-electron chi connectivity index (χ3n) is 2.53. The van der Waals surface area contributed by atoms with E-state index in [2.05, 4.69) is 17.1 Å². The fourth-order valence-corrected chi connectivity index (χ4v) is 2.09. The number of nitrogens with zero attached hydrogens (tertiary/aromatic N) is 1. The number of anilines is 1. The van der Waals surface area contributed by atoms with Gasteiger partial charge in [-0.15, -0.1) is 0 Å². The maximum Gasteiger partial charge on any atom is 0.307 e. The largest absolute Gasteiger partial charge is 0.481 e. The number of hydrogen-bond acceptors (Lipinski definition) is 2. The Labute approximate surface area is 106 Å². The van der Waals surface area contributed by atoms with Crippen molar-refractivity contribution in [1.29, 1.82) is 0 Å². The van der Waals surface area contributed by atoms with Crippen LogP contribution in [0.15, 0.2) is 30.4 Å². The molecule has 1 heterocycles. The third kappa shape index (κ3) is 3.24. The molecule has 0 saturated heterocycles. The van der Waals surface area contributed by atoms with E-state index in [9.17, 15) is 4.79 Å². The van der Waals surface area contributed by atoms with E-state index in [0.717, 1.165) is 24.3 Å². The van der Waals surface area contributed by atoms with Crippen molar-refractivity contribution in [2.45, 2.75) is 13.8 Å². The van der Waals surface area contributed by atoms with Crippen LogP contribution in [0.3, 0.4) is 0 Å². The normalized spacial score (nSPS) is 13.6. The number of benzene rings is 1. The lowest BCUT2D eigenvalue weighted by Crippen LogP contribution is -2.18. The van der Waals surface area contributed by atoms with Crippen LogP contribution >= 0.6 is 11.6 Å². The molecule has 0 atom stereocenters. The Morgan fingerprint density at radius 3 is 2.53 bits per heavy atom. The van der Waals surface area contributed by atoms with Crippen molar-refractivity contribution >= 4 is 23.3 Å². The SMILES string of the molecule is C.O=C(O)Cc1ccc(N2CC=CC2)c(Cl)c1. The minimum Gasteiger partial charge on any atom is -0.481 e. The number of halogens is 1. The summed E-state index contributed by atoms with van der Waals surface area (Å²) >= 11 is 6.13. The highest BCUT2D eigenvalue weighted by atomic mass is 35.5. The number of hydrogen-bond donors (Lipinski definition) is 1. The van der Waals surface area contributed by atoms with Crippen LogP contribution in [0.2, 0.25) is 5.02 Å². The fraction of sp³-hybridized carbons (Fsp3) is 0.308. The molecule has 1 aromatic rings. The second-order valence-corrected chi connectivity index (χ2v) is 4.14. The van der Waals surface area contributed by atoms with Gasteiger partial charge >= 0.3 is 5.97 Å². The Hall–Kier alpha value is -1.48. The Balaban J connectivity index is 0.00000144. The van der Waals surface area contributed by atoms with Crippen molar-refractivity contribution < 1.29 is 9.90 Å².